The summed E-state index contributed by atoms with van der Waals surface area (Å²) in [6, 6.07) is 18.8. The number of urea groups is 1. The van der Waals surface area contributed by atoms with Crippen molar-refractivity contribution in [1.82, 2.24) is 15.2 Å². The first-order valence-electron chi connectivity index (χ1n) is 13.8. The van der Waals surface area contributed by atoms with Crippen LogP contribution in [0.1, 0.15) is 43.9 Å². The zero-order valence-electron chi connectivity index (χ0n) is 23.5. The molecule has 1 fully saturated rings. The number of hydrogen-bond donors (Lipinski definition) is 2. The number of rotatable bonds is 11. The topological polar surface area (TPSA) is 104 Å². The van der Waals surface area contributed by atoms with Gasteiger partial charge in [0.1, 0.15) is 11.5 Å². The summed E-state index contributed by atoms with van der Waals surface area (Å²) < 4.78 is 31.1. The Morgan fingerprint density at radius 3 is 2.25 bits per heavy atom. The van der Waals surface area contributed by atoms with Crippen LogP contribution in [0, 0.1) is 6.92 Å². The molecule has 1 aliphatic rings. The number of nitrogens with zero attached hydrogens (tertiary/aromatic N) is 3. The van der Waals surface area contributed by atoms with E-state index in [1.165, 1.54) is 5.56 Å². The molecule has 0 radical (unpaired) electrons. The second-order valence-electron chi connectivity index (χ2n) is 10.3. The number of pyridine rings is 1. The Hall–Kier alpha value is -3.63. The van der Waals surface area contributed by atoms with Gasteiger partial charge in [-0.25, -0.2) is 13.2 Å². The monoisotopic (exact) mass is 565 g/mol. The molecule has 0 bridgehead atoms. The highest BCUT2D eigenvalue weighted by Gasteiger charge is 2.24. The third kappa shape index (κ3) is 8.96. The maximum absolute atomic E-state index is 13.1. The number of benzene rings is 2. The lowest BCUT2D eigenvalue weighted by Gasteiger charge is -2.34. The first-order valence-corrected chi connectivity index (χ1v) is 15.7. The van der Waals surface area contributed by atoms with Gasteiger partial charge in [0.25, 0.3) is 0 Å². The number of aromatic nitrogens is 1. The summed E-state index contributed by atoms with van der Waals surface area (Å²) in [5.74, 6) is 1.34. The molecule has 1 aliphatic heterocycles. The third-order valence-corrected chi connectivity index (χ3v) is 7.43. The van der Waals surface area contributed by atoms with Crippen LogP contribution in [0.5, 0.6) is 11.5 Å². The van der Waals surface area contributed by atoms with Gasteiger partial charge in [-0.3, -0.25) is 19.5 Å². The van der Waals surface area contributed by atoms with E-state index in [9.17, 15) is 13.2 Å². The molecule has 9 nitrogen and oxygen atoms in total. The molecular weight excluding hydrogens is 526 g/mol. The predicted molar refractivity (Wildman–Crippen MR) is 159 cm³/mol. The van der Waals surface area contributed by atoms with Gasteiger partial charge in [0.15, 0.2) is 0 Å². The number of piperidine rings is 1. The van der Waals surface area contributed by atoms with E-state index in [1.807, 2.05) is 36.1 Å². The van der Waals surface area contributed by atoms with Gasteiger partial charge < -0.3 is 10.1 Å². The Bertz CT molecular complexity index is 1340. The van der Waals surface area contributed by atoms with E-state index < -0.39 is 10.0 Å². The Labute approximate surface area is 237 Å². The summed E-state index contributed by atoms with van der Waals surface area (Å²) >= 11 is 0. The average Bonchev–Trinajstić information content (AvgIpc) is 2.92. The van der Waals surface area contributed by atoms with Crippen LogP contribution in [-0.2, 0) is 16.6 Å². The summed E-state index contributed by atoms with van der Waals surface area (Å²) in [7, 11) is -3.31. The number of amides is 2. The standard InChI is InChI=1S/C30H39N5O4S/c1-4-5-18-35(27-11-6-23(2)31-21-27)30(36)32-25-16-19-34(20-17-25)22-24-7-12-28(13-8-24)39-29-14-9-26(10-15-29)33-40(3,37)38/h6-15,21,25,33H,4-5,16-20,22H2,1-3H3,(H,32,36). The fourth-order valence-corrected chi connectivity index (χ4v) is 5.20. The summed E-state index contributed by atoms with van der Waals surface area (Å²) in [5.41, 5.74) is 3.46. The maximum atomic E-state index is 13.1. The molecule has 2 amide bonds. The second kappa shape index (κ2) is 13.6. The lowest BCUT2D eigenvalue weighted by atomic mass is 10.0. The molecular formula is C30H39N5O4S. The van der Waals surface area contributed by atoms with Crippen LogP contribution in [0.2, 0.25) is 0 Å². The molecule has 4 rings (SSSR count). The van der Waals surface area contributed by atoms with Gasteiger partial charge in [0.05, 0.1) is 18.1 Å². The number of aryl methyl sites for hydroxylation is 1. The van der Waals surface area contributed by atoms with E-state index in [0.29, 0.717) is 23.7 Å². The highest BCUT2D eigenvalue weighted by Crippen LogP contribution is 2.24. The predicted octanol–water partition coefficient (Wildman–Crippen LogP) is 5.53. The van der Waals surface area contributed by atoms with Crippen molar-refractivity contribution in [2.75, 3.05) is 35.5 Å². The van der Waals surface area contributed by atoms with Crippen LogP contribution in [0.25, 0.3) is 0 Å². The largest absolute Gasteiger partial charge is 0.457 e. The van der Waals surface area contributed by atoms with E-state index in [2.05, 4.69) is 39.0 Å². The van der Waals surface area contributed by atoms with Gasteiger partial charge in [-0.05, 0) is 80.3 Å². The van der Waals surface area contributed by atoms with Crippen LogP contribution in [0.4, 0.5) is 16.2 Å². The summed E-state index contributed by atoms with van der Waals surface area (Å²) in [5, 5.41) is 3.25. The van der Waals surface area contributed by atoms with Gasteiger partial charge in [-0.2, -0.15) is 0 Å². The number of nitrogens with one attached hydrogen (secondary N) is 2. The van der Waals surface area contributed by atoms with E-state index >= 15 is 0 Å². The Kier molecular flexibility index (Phi) is 10.0. The van der Waals surface area contributed by atoms with Crippen LogP contribution in [0.3, 0.4) is 0 Å². The molecule has 40 heavy (non-hydrogen) atoms. The van der Waals surface area contributed by atoms with Crippen molar-refractivity contribution < 1.29 is 17.9 Å². The average molecular weight is 566 g/mol. The summed E-state index contributed by atoms with van der Waals surface area (Å²) in [6.07, 6.45) is 6.67. The van der Waals surface area contributed by atoms with Crippen LogP contribution >= 0.6 is 0 Å². The van der Waals surface area contributed by atoms with Gasteiger partial charge in [-0.1, -0.05) is 25.5 Å². The molecule has 214 valence electrons. The maximum Gasteiger partial charge on any atom is 0.322 e. The van der Waals surface area contributed by atoms with Crippen LogP contribution in [-0.4, -0.2) is 56.3 Å². The van der Waals surface area contributed by atoms with E-state index in [1.54, 1.807) is 30.5 Å². The normalized spacial score (nSPS) is 14.5. The van der Waals surface area contributed by atoms with Crippen molar-refractivity contribution in [3.63, 3.8) is 0 Å². The number of likely N-dealkylation sites (tertiary alicyclic amines) is 1. The number of carbonyl (C=O) groups excluding carboxylic acids is 1. The molecule has 0 atom stereocenters. The van der Waals surface area contributed by atoms with Crippen LogP contribution < -0.4 is 19.7 Å². The van der Waals surface area contributed by atoms with Crippen molar-refractivity contribution in [2.24, 2.45) is 0 Å². The highest BCUT2D eigenvalue weighted by molar-refractivity contribution is 7.92. The van der Waals surface area contributed by atoms with Crippen LogP contribution in [0.15, 0.2) is 66.9 Å². The Morgan fingerprint density at radius 2 is 1.68 bits per heavy atom. The molecule has 1 aromatic heterocycles. The molecule has 0 unspecified atom stereocenters. The van der Waals surface area contributed by atoms with Gasteiger partial charge in [0.2, 0.25) is 10.0 Å². The molecule has 0 spiro atoms. The molecule has 2 aromatic carbocycles. The molecule has 3 aromatic rings. The van der Waals surface area contributed by atoms with Gasteiger partial charge >= 0.3 is 6.03 Å². The fourth-order valence-electron chi connectivity index (χ4n) is 4.63. The van der Waals surface area contributed by atoms with Crippen molar-refractivity contribution in [2.45, 2.75) is 52.1 Å². The third-order valence-electron chi connectivity index (χ3n) is 6.83. The van der Waals surface area contributed by atoms with Gasteiger partial charge in [0, 0.05) is 43.6 Å². The first kappa shape index (κ1) is 29.4. The number of anilines is 2. The lowest BCUT2D eigenvalue weighted by Crippen LogP contribution is -2.49. The minimum atomic E-state index is -3.31. The smallest absolute Gasteiger partial charge is 0.322 e. The SMILES string of the molecule is CCCCN(C(=O)NC1CCN(Cc2ccc(Oc3ccc(NS(C)(=O)=O)cc3)cc2)CC1)c1ccc(C)nc1. The van der Waals surface area contributed by atoms with Crippen molar-refractivity contribution >= 4 is 27.4 Å². The minimum absolute atomic E-state index is 0.0468. The molecule has 2 N–H and O–H groups in total. The second-order valence-corrected chi connectivity index (χ2v) is 12.1. The van der Waals surface area contributed by atoms with Gasteiger partial charge in [-0.15, -0.1) is 0 Å². The molecule has 0 aliphatic carbocycles. The molecule has 0 saturated carbocycles. The summed E-state index contributed by atoms with van der Waals surface area (Å²) in [6.45, 7) is 7.42. The first-order chi connectivity index (χ1) is 19.2. The number of unbranched alkanes of at least 4 members (excludes halogenated alkanes) is 1. The molecule has 1 saturated heterocycles. The van der Waals surface area contributed by atoms with Crippen molar-refractivity contribution in [3.8, 4) is 11.5 Å². The number of carbonyl (C=O) groups is 1. The minimum Gasteiger partial charge on any atom is -0.457 e. The fraction of sp³-hybridized carbons (Fsp3) is 0.400. The van der Waals surface area contributed by atoms with Crippen molar-refractivity contribution in [3.05, 3.63) is 78.1 Å². The number of hydrogen-bond acceptors (Lipinski definition) is 6. The molecule has 10 heteroatoms. The quantitative estimate of drug-likeness (QED) is 0.317. The lowest BCUT2D eigenvalue weighted by molar-refractivity contribution is 0.188. The zero-order chi connectivity index (χ0) is 28.5. The highest BCUT2D eigenvalue weighted by atomic mass is 32.2. The Balaban J connectivity index is 1.24. The molecule has 2 heterocycles. The van der Waals surface area contributed by atoms with E-state index in [0.717, 1.165) is 63.0 Å². The van der Waals surface area contributed by atoms with Crippen molar-refractivity contribution in [1.29, 1.82) is 0 Å². The Morgan fingerprint density at radius 1 is 1.02 bits per heavy atom. The number of ether oxygens (including phenoxy) is 1. The summed E-state index contributed by atoms with van der Waals surface area (Å²) in [4.78, 5) is 21.7. The van der Waals surface area contributed by atoms with E-state index in [-0.39, 0.29) is 12.1 Å². The zero-order valence-corrected chi connectivity index (χ0v) is 24.3. The number of sulfonamides is 1. The van der Waals surface area contributed by atoms with E-state index in [4.69, 9.17) is 4.74 Å².